The van der Waals surface area contributed by atoms with E-state index >= 15 is 0 Å². The average molecular weight is 303 g/mol. The number of Topliss-reactive ketones (excluding diaryl/α,β-unsaturated/α-hetero) is 1. The summed E-state index contributed by atoms with van der Waals surface area (Å²) in [6.07, 6.45) is 14.0. The lowest BCUT2D eigenvalue weighted by Gasteiger charge is -2.60. The Hall–Kier alpha value is -0.330. The Morgan fingerprint density at radius 2 is 1.73 bits per heavy atom. The van der Waals surface area contributed by atoms with Gasteiger partial charge in [-0.25, -0.2) is 0 Å². The Morgan fingerprint density at radius 3 is 2.50 bits per heavy atom. The maximum atomic E-state index is 11.9. The van der Waals surface area contributed by atoms with E-state index in [2.05, 4.69) is 13.8 Å². The molecular weight excluding hydrogens is 268 g/mol. The molecule has 4 saturated carbocycles. The average Bonchev–Trinajstić information content (AvgIpc) is 2.88. The molecule has 0 saturated heterocycles. The van der Waals surface area contributed by atoms with Gasteiger partial charge in [0.1, 0.15) is 5.78 Å². The number of ketones is 1. The molecule has 0 heterocycles. The van der Waals surface area contributed by atoms with E-state index in [4.69, 9.17) is 0 Å². The second-order valence-corrected chi connectivity index (χ2v) is 9.82. The summed E-state index contributed by atoms with van der Waals surface area (Å²) < 4.78 is 0. The van der Waals surface area contributed by atoms with E-state index in [0.717, 1.165) is 23.7 Å². The molecule has 0 radical (unpaired) electrons. The monoisotopic (exact) mass is 302 g/mol. The van der Waals surface area contributed by atoms with Crippen LogP contribution in [0.15, 0.2) is 0 Å². The van der Waals surface area contributed by atoms with Gasteiger partial charge < -0.3 is 0 Å². The fraction of sp³-hybridized carbons (Fsp3) is 0.952. The van der Waals surface area contributed by atoms with Gasteiger partial charge >= 0.3 is 0 Å². The molecule has 7 atom stereocenters. The van der Waals surface area contributed by atoms with Crippen molar-refractivity contribution in [3.63, 3.8) is 0 Å². The van der Waals surface area contributed by atoms with Crippen LogP contribution in [0.1, 0.15) is 85.0 Å². The smallest absolute Gasteiger partial charge is 0.132 e. The molecule has 0 aromatic rings. The number of hydrogen-bond donors (Lipinski definition) is 0. The summed E-state index contributed by atoms with van der Waals surface area (Å²) in [7, 11) is 0. The molecule has 4 rings (SSSR count). The molecule has 0 aromatic heterocycles. The topological polar surface area (TPSA) is 17.1 Å². The number of carbonyl (C=O) groups is 1. The highest BCUT2D eigenvalue weighted by atomic mass is 16.1. The van der Waals surface area contributed by atoms with E-state index in [9.17, 15) is 4.79 Å². The Kier molecular flexibility index (Phi) is 3.51. The molecule has 0 bridgehead atoms. The van der Waals surface area contributed by atoms with Crippen LogP contribution in [0.2, 0.25) is 0 Å². The molecule has 0 aliphatic heterocycles. The fourth-order valence-corrected chi connectivity index (χ4v) is 7.62. The molecule has 0 aromatic carbocycles. The van der Waals surface area contributed by atoms with Gasteiger partial charge in [0, 0.05) is 5.92 Å². The summed E-state index contributed by atoms with van der Waals surface area (Å²) in [5.41, 5.74) is 1.24. The minimum Gasteiger partial charge on any atom is -0.300 e. The Bertz CT molecular complexity index is 469. The van der Waals surface area contributed by atoms with Crippen molar-refractivity contribution in [2.24, 2.45) is 40.4 Å². The zero-order valence-electron chi connectivity index (χ0n) is 14.9. The quantitative estimate of drug-likeness (QED) is 0.614. The van der Waals surface area contributed by atoms with Gasteiger partial charge in [0.15, 0.2) is 0 Å². The first-order valence-corrected chi connectivity index (χ1v) is 9.94. The van der Waals surface area contributed by atoms with Crippen LogP contribution in [-0.4, -0.2) is 5.78 Å². The Morgan fingerprint density at radius 1 is 0.909 bits per heavy atom. The highest BCUT2D eigenvalue weighted by Crippen LogP contribution is 2.66. The van der Waals surface area contributed by atoms with Crippen molar-refractivity contribution < 1.29 is 4.79 Å². The van der Waals surface area contributed by atoms with Gasteiger partial charge in [-0.2, -0.15) is 0 Å². The number of rotatable bonds is 1. The van der Waals surface area contributed by atoms with Crippen molar-refractivity contribution in [1.29, 1.82) is 0 Å². The molecule has 0 amide bonds. The minimum atomic E-state index is 0.384. The SMILES string of the molecule is CC(=O)C1CCC2(C)C(CCC3C4CCCC4(C)CCC32)C1. The third-order valence-corrected chi connectivity index (χ3v) is 9.02. The molecule has 124 valence electrons. The summed E-state index contributed by atoms with van der Waals surface area (Å²) in [5, 5.41) is 0. The maximum absolute atomic E-state index is 11.9. The van der Waals surface area contributed by atoms with Crippen LogP contribution in [0.5, 0.6) is 0 Å². The van der Waals surface area contributed by atoms with Crippen LogP contribution in [0.4, 0.5) is 0 Å². The Balaban J connectivity index is 1.58. The van der Waals surface area contributed by atoms with Crippen LogP contribution in [0.3, 0.4) is 0 Å². The van der Waals surface area contributed by atoms with E-state index in [0.29, 0.717) is 22.5 Å². The van der Waals surface area contributed by atoms with Gasteiger partial charge in [0.2, 0.25) is 0 Å². The molecule has 4 fully saturated rings. The van der Waals surface area contributed by atoms with E-state index in [1.54, 1.807) is 0 Å². The lowest BCUT2D eigenvalue weighted by molar-refractivity contribution is -0.133. The highest BCUT2D eigenvalue weighted by molar-refractivity contribution is 5.78. The van der Waals surface area contributed by atoms with E-state index in [1.165, 1.54) is 64.2 Å². The van der Waals surface area contributed by atoms with Crippen molar-refractivity contribution in [3.05, 3.63) is 0 Å². The molecule has 4 aliphatic rings. The normalized spacial score (nSPS) is 54.2. The fourth-order valence-electron chi connectivity index (χ4n) is 7.62. The first-order chi connectivity index (χ1) is 10.4. The maximum Gasteiger partial charge on any atom is 0.132 e. The van der Waals surface area contributed by atoms with Crippen molar-refractivity contribution in [1.82, 2.24) is 0 Å². The van der Waals surface area contributed by atoms with Gasteiger partial charge in [-0.05, 0) is 99.2 Å². The summed E-state index contributed by atoms with van der Waals surface area (Å²) in [6.45, 7) is 7.04. The minimum absolute atomic E-state index is 0.384. The molecule has 1 nitrogen and oxygen atoms in total. The van der Waals surface area contributed by atoms with Gasteiger partial charge in [-0.1, -0.05) is 20.3 Å². The van der Waals surface area contributed by atoms with Crippen LogP contribution in [0, 0.1) is 40.4 Å². The summed E-state index contributed by atoms with van der Waals surface area (Å²) in [5.74, 6) is 4.68. The first kappa shape index (κ1) is 15.2. The molecule has 4 aliphatic carbocycles. The molecule has 0 N–H and O–H groups in total. The highest BCUT2D eigenvalue weighted by Gasteiger charge is 2.57. The standard InChI is InChI=1S/C21H34O/c1-14(22)15-8-12-21(3)16(13-15)6-7-17-18-5-4-10-20(18,2)11-9-19(17)21/h15-19H,4-13H2,1-3H3. The molecule has 0 spiro atoms. The van der Waals surface area contributed by atoms with Crippen LogP contribution >= 0.6 is 0 Å². The van der Waals surface area contributed by atoms with Crippen molar-refractivity contribution in [2.45, 2.75) is 85.0 Å². The van der Waals surface area contributed by atoms with Crippen LogP contribution in [-0.2, 0) is 4.79 Å². The first-order valence-electron chi connectivity index (χ1n) is 9.94. The van der Waals surface area contributed by atoms with E-state index < -0.39 is 0 Å². The summed E-state index contributed by atoms with van der Waals surface area (Å²) in [4.78, 5) is 11.9. The lowest BCUT2D eigenvalue weighted by atomic mass is 9.44. The molecule has 7 unspecified atom stereocenters. The van der Waals surface area contributed by atoms with Gasteiger partial charge in [0.25, 0.3) is 0 Å². The lowest BCUT2D eigenvalue weighted by Crippen LogP contribution is -2.53. The predicted octanol–water partition coefficient (Wildman–Crippen LogP) is 5.62. The molecule has 22 heavy (non-hydrogen) atoms. The third kappa shape index (κ3) is 2.06. The largest absolute Gasteiger partial charge is 0.300 e. The third-order valence-electron chi connectivity index (χ3n) is 9.02. The van der Waals surface area contributed by atoms with Crippen molar-refractivity contribution in [3.8, 4) is 0 Å². The van der Waals surface area contributed by atoms with Gasteiger partial charge in [-0.15, -0.1) is 0 Å². The van der Waals surface area contributed by atoms with Crippen molar-refractivity contribution >= 4 is 5.78 Å². The predicted molar refractivity (Wildman–Crippen MR) is 90.5 cm³/mol. The molecular formula is C21H34O. The van der Waals surface area contributed by atoms with E-state index in [1.807, 2.05) is 6.92 Å². The second-order valence-electron chi connectivity index (χ2n) is 9.82. The zero-order valence-corrected chi connectivity index (χ0v) is 14.9. The van der Waals surface area contributed by atoms with Crippen molar-refractivity contribution in [2.75, 3.05) is 0 Å². The number of fused-ring (bicyclic) bond motifs is 5. The molecule has 1 heteroatoms. The number of carbonyl (C=O) groups excluding carboxylic acids is 1. The van der Waals surface area contributed by atoms with Crippen LogP contribution in [0.25, 0.3) is 0 Å². The second kappa shape index (κ2) is 5.08. The zero-order chi connectivity index (χ0) is 15.5. The summed E-state index contributed by atoms with van der Waals surface area (Å²) >= 11 is 0. The Labute approximate surface area is 136 Å². The van der Waals surface area contributed by atoms with Gasteiger partial charge in [0.05, 0.1) is 0 Å². The number of hydrogen-bond acceptors (Lipinski definition) is 1. The van der Waals surface area contributed by atoms with Crippen LogP contribution < -0.4 is 0 Å². The van der Waals surface area contributed by atoms with Gasteiger partial charge in [-0.3, -0.25) is 4.79 Å². The van der Waals surface area contributed by atoms with E-state index in [-0.39, 0.29) is 0 Å². The summed E-state index contributed by atoms with van der Waals surface area (Å²) in [6, 6.07) is 0.